The van der Waals surface area contributed by atoms with Gasteiger partial charge in [-0.2, -0.15) is 0 Å². The van der Waals surface area contributed by atoms with E-state index in [9.17, 15) is 9.59 Å². The topological polar surface area (TPSA) is 47.2 Å². The van der Waals surface area contributed by atoms with Gasteiger partial charge >= 0.3 is 0 Å². The normalized spacial score (nSPS) is 16.6. The van der Waals surface area contributed by atoms with Crippen LogP contribution in [0, 0.1) is 5.92 Å². The van der Waals surface area contributed by atoms with Crippen molar-refractivity contribution in [3.8, 4) is 11.4 Å². The molecule has 8 rings (SSSR count). The molecule has 0 saturated heterocycles. The number of rotatable bonds is 3. The van der Waals surface area contributed by atoms with Crippen molar-refractivity contribution >= 4 is 56.3 Å². The van der Waals surface area contributed by atoms with Gasteiger partial charge in [0.1, 0.15) is 0 Å². The van der Waals surface area contributed by atoms with Gasteiger partial charge in [-0.15, -0.1) is 0 Å². The second-order valence-corrected chi connectivity index (χ2v) is 10.7. The summed E-state index contributed by atoms with van der Waals surface area (Å²) in [6.45, 7) is 2.24. The zero-order chi connectivity index (χ0) is 27.0. The molecule has 2 aliphatic rings. The van der Waals surface area contributed by atoms with E-state index in [0.717, 1.165) is 50.8 Å². The Morgan fingerprint density at radius 3 is 1.73 bits per heavy atom. The fourth-order valence-corrected chi connectivity index (χ4v) is 6.46. The third kappa shape index (κ3) is 3.21. The fraction of sp³-hybridized carbons (Fsp3) is 0.0857. The summed E-state index contributed by atoms with van der Waals surface area (Å²) >= 11 is 0. The minimum atomic E-state index is -0.330. The van der Waals surface area contributed by atoms with E-state index in [0.29, 0.717) is 11.6 Å². The molecule has 2 aromatic heterocycles. The maximum Gasteiger partial charge on any atom is 0.258 e. The number of anilines is 1. The van der Waals surface area contributed by atoms with Crippen molar-refractivity contribution in [1.82, 2.24) is 9.13 Å². The Morgan fingerprint density at radius 1 is 0.600 bits per heavy atom. The van der Waals surface area contributed by atoms with Gasteiger partial charge in [0.05, 0.1) is 33.6 Å². The predicted molar refractivity (Wildman–Crippen MR) is 161 cm³/mol. The maximum atomic E-state index is 12.9. The molecule has 0 saturated carbocycles. The number of imide groups is 1. The molecule has 2 amide bonds. The first-order chi connectivity index (χ1) is 19.6. The molecule has 6 aromatic rings. The molecular formula is C35H25N3O2. The van der Waals surface area contributed by atoms with Crippen LogP contribution in [0.2, 0.25) is 0 Å². The zero-order valence-electron chi connectivity index (χ0n) is 21.9. The van der Waals surface area contributed by atoms with Crippen molar-refractivity contribution in [2.75, 3.05) is 4.90 Å². The van der Waals surface area contributed by atoms with Gasteiger partial charge < -0.3 is 9.13 Å². The number of hydrogen-bond donors (Lipinski definition) is 0. The van der Waals surface area contributed by atoms with Crippen LogP contribution in [0.4, 0.5) is 5.69 Å². The summed E-state index contributed by atoms with van der Waals surface area (Å²) in [5, 5.41) is 3.54. The van der Waals surface area contributed by atoms with Crippen LogP contribution in [0.25, 0.3) is 50.2 Å². The molecule has 1 aliphatic carbocycles. The van der Waals surface area contributed by atoms with Gasteiger partial charge in [-0.25, -0.2) is 4.90 Å². The maximum absolute atomic E-state index is 12.9. The Kier molecular flexibility index (Phi) is 4.80. The lowest BCUT2D eigenvalue weighted by molar-refractivity contribution is -0.119. The number of carbonyl (C=O) groups excluding carboxylic acids is 2. The van der Waals surface area contributed by atoms with Crippen molar-refractivity contribution in [2.45, 2.75) is 13.3 Å². The lowest BCUT2D eigenvalue weighted by Crippen LogP contribution is -2.29. The van der Waals surface area contributed by atoms with Crippen molar-refractivity contribution in [1.29, 1.82) is 0 Å². The quantitative estimate of drug-likeness (QED) is 0.229. The molecule has 4 aromatic carbocycles. The average molecular weight is 520 g/mol. The Hall–Kier alpha value is -5.16. The van der Waals surface area contributed by atoms with Gasteiger partial charge in [-0.1, -0.05) is 67.6 Å². The smallest absolute Gasteiger partial charge is 0.258 e. The number of carbonyl (C=O) groups is 2. The van der Waals surface area contributed by atoms with E-state index in [4.69, 9.17) is 0 Å². The van der Waals surface area contributed by atoms with E-state index in [2.05, 4.69) is 94.9 Å². The Labute approximate surface area is 230 Å². The lowest BCUT2D eigenvalue weighted by atomic mass is 9.93. The van der Waals surface area contributed by atoms with Crippen molar-refractivity contribution < 1.29 is 9.59 Å². The van der Waals surface area contributed by atoms with E-state index < -0.39 is 0 Å². The van der Waals surface area contributed by atoms with Gasteiger partial charge in [-0.05, 0) is 60.4 Å². The molecule has 40 heavy (non-hydrogen) atoms. The number of nitrogens with zero attached hydrogens (tertiary/aromatic N) is 3. The molecule has 0 N–H and O–H groups in total. The Balaban J connectivity index is 1.47. The number of fused-ring (bicyclic) bond motifs is 6. The highest BCUT2D eigenvalue weighted by molar-refractivity contribution is 6.28. The van der Waals surface area contributed by atoms with Crippen LogP contribution in [0.15, 0.2) is 109 Å². The Bertz CT molecular complexity index is 2040. The van der Waals surface area contributed by atoms with Gasteiger partial charge in [0.25, 0.3) is 11.8 Å². The van der Waals surface area contributed by atoms with E-state index in [1.54, 1.807) is 0 Å². The summed E-state index contributed by atoms with van der Waals surface area (Å²) in [4.78, 5) is 27.0. The SMILES string of the molecule is CC1C=Cc2c(c3ccccc3n2-c2cc(N3C(=O)C=CC3=O)cc(-n3c4ccccc4c4ccccc43)c2)C1. The zero-order valence-corrected chi connectivity index (χ0v) is 21.9. The number of amides is 2. The van der Waals surface area contributed by atoms with Gasteiger partial charge in [0.15, 0.2) is 0 Å². The highest BCUT2D eigenvalue weighted by Gasteiger charge is 2.28. The van der Waals surface area contributed by atoms with E-state index >= 15 is 0 Å². The lowest BCUT2D eigenvalue weighted by Gasteiger charge is -2.21. The minimum absolute atomic E-state index is 0.330. The fourth-order valence-electron chi connectivity index (χ4n) is 6.46. The van der Waals surface area contributed by atoms with Crippen molar-refractivity contribution in [2.24, 2.45) is 5.92 Å². The Morgan fingerprint density at radius 2 is 1.10 bits per heavy atom. The summed E-state index contributed by atoms with van der Waals surface area (Å²) in [6.07, 6.45) is 8.11. The van der Waals surface area contributed by atoms with Crippen LogP contribution < -0.4 is 4.90 Å². The van der Waals surface area contributed by atoms with Gasteiger partial charge in [0, 0.05) is 34.0 Å². The molecule has 3 heterocycles. The van der Waals surface area contributed by atoms with E-state index in [1.165, 1.54) is 28.0 Å². The third-order valence-corrected chi connectivity index (χ3v) is 8.18. The van der Waals surface area contributed by atoms with Crippen molar-refractivity contribution in [3.63, 3.8) is 0 Å². The highest BCUT2D eigenvalue weighted by atomic mass is 16.2. The van der Waals surface area contributed by atoms with Gasteiger partial charge in [-0.3, -0.25) is 9.59 Å². The number of benzene rings is 4. The molecule has 1 aliphatic heterocycles. The minimum Gasteiger partial charge on any atom is -0.309 e. The van der Waals surface area contributed by atoms with Crippen molar-refractivity contribution in [3.05, 3.63) is 120 Å². The van der Waals surface area contributed by atoms with Crippen LogP contribution >= 0.6 is 0 Å². The molecule has 0 fully saturated rings. The molecule has 0 radical (unpaired) electrons. The summed E-state index contributed by atoms with van der Waals surface area (Å²) in [5.74, 6) is -0.205. The summed E-state index contributed by atoms with van der Waals surface area (Å²) in [7, 11) is 0. The van der Waals surface area contributed by atoms with Crippen LogP contribution in [0.5, 0.6) is 0 Å². The summed E-state index contributed by atoms with van der Waals surface area (Å²) < 4.78 is 4.50. The highest BCUT2D eigenvalue weighted by Crippen LogP contribution is 2.39. The number of aromatic nitrogens is 2. The first-order valence-electron chi connectivity index (χ1n) is 13.6. The van der Waals surface area contributed by atoms with Crippen LogP contribution in [-0.4, -0.2) is 20.9 Å². The molecule has 5 heteroatoms. The van der Waals surface area contributed by atoms with E-state index in [-0.39, 0.29) is 11.8 Å². The van der Waals surface area contributed by atoms with Crippen LogP contribution in [0.1, 0.15) is 18.2 Å². The first-order valence-corrected chi connectivity index (χ1v) is 13.6. The molecule has 0 bridgehead atoms. The summed E-state index contributed by atoms with van der Waals surface area (Å²) in [5.41, 5.74) is 8.04. The molecule has 1 unspecified atom stereocenters. The first kappa shape index (κ1) is 22.8. The standard InChI is InChI=1S/C35H25N3O2/c1-22-14-15-33-29(18-22)28-10-4-7-13-32(28)37(33)24-19-23(20-25(21-24)38-34(39)16-17-35(38)40)36-30-11-5-2-8-26(30)27-9-3-6-12-31(27)36/h2-17,19-22H,18H2,1H3. The molecular weight excluding hydrogens is 494 g/mol. The number of hydrogen-bond acceptors (Lipinski definition) is 2. The number of allylic oxidation sites excluding steroid dienone is 1. The van der Waals surface area contributed by atoms with E-state index in [1.807, 2.05) is 24.3 Å². The average Bonchev–Trinajstić information content (AvgIpc) is 3.61. The molecule has 0 spiro atoms. The van der Waals surface area contributed by atoms with Crippen LogP contribution in [0.3, 0.4) is 0 Å². The molecule has 5 nitrogen and oxygen atoms in total. The second-order valence-electron chi connectivity index (χ2n) is 10.7. The number of para-hydroxylation sites is 3. The van der Waals surface area contributed by atoms with Gasteiger partial charge in [0.2, 0.25) is 0 Å². The summed E-state index contributed by atoms with van der Waals surface area (Å²) in [6, 6.07) is 31.3. The largest absolute Gasteiger partial charge is 0.309 e. The molecule has 192 valence electrons. The molecule has 1 atom stereocenters. The second kappa shape index (κ2) is 8.42. The van der Waals surface area contributed by atoms with Crippen LogP contribution in [-0.2, 0) is 16.0 Å². The third-order valence-electron chi connectivity index (χ3n) is 8.18. The predicted octanol–water partition coefficient (Wildman–Crippen LogP) is 7.36. The monoisotopic (exact) mass is 519 g/mol.